The Balaban J connectivity index is 2.32. The number of nitrogens with zero attached hydrogens (tertiary/aromatic N) is 2. The van der Waals surface area contributed by atoms with Gasteiger partial charge in [0.15, 0.2) is 5.82 Å². The molecule has 4 nitrogen and oxygen atoms in total. The fourth-order valence-electron chi connectivity index (χ4n) is 1.40. The number of carbonyl (C=O) groups excluding carboxylic acids is 1. The maximum absolute atomic E-state index is 12.1. The SMILES string of the molecule is Cc1nc(NC(=O)c2cc(Br)cnc2Cl)c(Cl)cc1Cl. The van der Waals surface area contributed by atoms with Crippen molar-refractivity contribution in [2.45, 2.75) is 6.92 Å². The molecule has 0 radical (unpaired) electrons. The third-order valence-corrected chi connectivity index (χ3v) is 3.79. The Morgan fingerprint density at radius 2 is 1.95 bits per heavy atom. The molecule has 0 aliphatic carbocycles. The Hall–Kier alpha value is -0.880. The molecule has 1 N–H and O–H groups in total. The number of rotatable bonds is 2. The Morgan fingerprint density at radius 3 is 2.65 bits per heavy atom. The second kappa shape index (κ2) is 6.26. The average Bonchev–Trinajstić information content (AvgIpc) is 2.38. The van der Waals surface area contributed by atoms with E-state index in [1.807, 2.05) is 0 Å². The number of hydrogen-bond acceptors (Lipinski definition) is 3. The molecule has 0 aliphatic heterocycles. The smallest absolute Gasteiger partial charge is 0.260 e. The molecule has 0 fully saturated rings. The molecule has 0 aromatic carbocycles. The number of nitrogens with one attached hydrogen (secondary N) is 1. The van der Waals surface area contributed by atoms with Crippen molar-refractivity contribution >= 4 is 62.5 Å². The highest BCUT2D eigenvalue weighted by atomic mass is 79.9. The van der Waals surface area contributed by atoms with Crippen LogP contribution in [-0.2, 0) is 0 Å². The molecule has 8 heteroatoms. The number of anilines is 1. The second-order valence-corrected chi connectivity index (χ2v) is 5.92. The van der Waals surface area contributed by atoms with Crippen molar-refractivity contribution in [3.05, 3.63) is 49.3 Å². The molecule has 2 aromatic heterocycles. The van der Waals surface area contributed by atoms with Crippen LogP contribution in [0.2, 0.25) is 15.2 Å². The van der Waals surface area contributed by atoms with E-state index in [4.69, 9.17) is 34.8 Å². The van der Waals surface area contributed by atoms with Crippen molar-refractivity contribution < 1.29 is 4.79 Å². The summed E-state index contributed by atoms with van der Waals surface area (Å²) in [6, 6.07) is 3.07. The topological polar surface area (TPSA) is 54.9 Å². The van der Waals surface area contributed by atoms with Crippen LogP contribution in [0.5, 0.6) is 0 Å². The molecule has 2 heterocycles. The second-order valence-electron chi connectivity index (χ2n) is 3.83. The van der Waals surface area contributed by atoms with Crippen LogP contribution in [0.25, 0.3) is 0 Å². The fourth-order valence-corrected chi connectivity index (χ4v) is 2.33. The van der Waals surface area contributed by atoms with Crippen LogP contribution >= 0.6 is 50.7 Å². The standard InChI is InChI=1S/C12H7BrCl3N3O/c1-5-8(14)3-9(15)11(18-5)19-12(20)7-2-6(13)4-17-10(7)16/h2-4H,1H3,(H,18,19,20). The van der Waals surface area contributed by atoms with Gasteiger partial charge in [-0.25, -0.2) is 9.97 Å². The van der Waals surface area contributed by atoms with Gasteiger partial charge in [-0.1, -0.05) is 34.8 Å². The van der Waals surface area contributed by atoms with Crippen LogP contribution in [0.3, 0.4) is 0 Å². The summed E-state index contributed by atoms with van der Waals surface area (Å²) >= 11 is 21.0. The van der Waals surface area contributed by atoms with Crippen molar-refractivity contribution in [3.63, 3.8) is 0 Å². The molecular weight excluding hydrogens is 388 g/mol. The molecule has 0 bridgehead atoms. The number of halogens is 4. The van der Waals surface area contributed by atoms with Crippen molar-refractivity contribution in [2.24, 2.45) is 0 Å². The summed E-state index contributed by atoms with van der Waals surface area (Å²) in [5, 5.41) is 3.34. The normalized spacial score (nSPS) is 10.4. The molecule has 0 aliphatic rings. The Kier molecular flexibility index (Phi) is 4.86. The van der Waals surface area contributed by atoms with Gasteiger partial charge in [-0.2, -0.15) is 0 Å². The van der Waals surface area contributed by atoms with Gasteiger partial charge in [0.25, 0.3) is 5.91 Å². The Morgan fingerprint density at radius 1 is 1.25 bits per heavy atom. The number of amides is 1. The van der Waals surface area contributed by atoms with E-state index in [0.29, 0.717) is 15.2 Å². The maximum Gasteiger partial charge on any atom is 0.260 e. The van der Waals surface area contributed by atoms with Gasteiger partial charge in [-0.3, -0.25) is 4.79 Å². The van der Waals surface area contributed by atoms with Gasteiger partial charge in [0.1, 0.15) is 5.15 Å². The van der Waals surface area contributed by atoms with Crippen molar-refractivity contribution in [1.29, 1.82) is 0 Å². The molecule has 2 aromatic rings. The molecule has 0 saturated heterocycles. The van der Waals surface area contributed by atoms with E-state index in [1.54, 1.807) is 13.0 Å². The number of carbonyl (C=O) groups is 1. The predicted molar refractivity (Wildman–Crippen MR) is 83.9 cm³/mol. The fraction of sp³-hybridized carbons (Fsp3) is 0.0833. The Bertz CT molecular complexity index is 694. The van der Waals surface area contributed by atoms with Crippen LogP contribution in [0.4, 0.5) is 5.82 Å². The lowest BCUT2D eigenvalue weighted by molar-refractivity contribution is 0.102. The first kappa shape index (κ1) is 15.5. The van der Waals surface area contributed by atoms with Gasteiger partial charge in [0.05, 0.1) is 21.3 Å². The summed E-state index contributed by atoms with van der Waals surface area (Å²) in [6.07, 6.45) is 1.50. The van der Waals surface area contributed by atoms with E-state index in [2.05, 4.69) is 31.2 Å². The summed E-state index contributed by atoms with van der Waals surface area (Å²) in [4.78, 5) is 20.1. The summed E-state index contributed by atoms with van der Waals surface area (Å²) < 4.78 is 0.637. The molecule has 0 spiro atoms. The third-order valence-electron chi connectivity index (χ3n) is 2.39. The minimum absolute atomic E-state index is 0.0903. The molecule has 0 atom stereocenters. The van der Waals surface area contributed by atoms with Crippen LogP contribution in [0, 0.1) is 6.92 Å². The first-order valence-corrected chi connectivity index (χ1v) is 7.26. The number of pyridine rings is 2. The predicted octanol–water partition coefficient (Wildman–Crippen LogP) is 4.76. The molecule has 20 heavy (non-hydrogen) atoms. The summed E-state index contributed by atoms with van der Waals surface area (Å²) in [5.41, 5.74) is 0.774. The zero-order chi connectivity index (χ0) is 14.9. The van der Waals surface area contributed by atoms with Crippen molar-refractivity contribution in [2.75, 3.05) is 5.32 Å². The highest BCUT2D eigenvalue weighted by molar-refractivity contribution is 9.10. The van der Waals surface area contributed by atoms with Crippen molar-refractivity contribution in [1.82, 2.24) is 9.97 Å². The number of hydrogen-bond donors (Lipinski definition) is 1. The number of aromatic nitrogens is 2. The summed E-state index contributed by atoms with van der Waals surface area (Å²) in [6.45, 7) is 1.71. The first-order chi connectivity index (χ1) is 9.38. The van der Waals surface area contributed by atoms with Gasteiger partial charge < -0.3 is 5.32 Å². The lowest BCUT2D eigenvalue weighted by atomic mass is 10.2. The van der Waals surface area contributed by atoms with Gasteiger partial charge in [0.2, 0.25) is 0 Å². The minimum Gasteiger partial charge on any atom is -0.305 e. The molecule has 0 unspecified atom stereocenters. The van der Waals surface area contributed by atoms with Gasteiger partial charge in [-0.05, 0) is 35.0 Å². The lowest BCUT2D eigenvalue weighted by Crippen LogP contribution is -2.14. The van der Waals surface area contributed by atoms with Crippen LogP contribution < -0.4 is 5.32 Å². The van der Waals surface area contributed by atoms with Gasteiger partial charge in [0, 0.05) is 10.7 Å². The van der Waals surface area contributed by atoms with Crippen LogP contribution in [0.15, 0.2) is 22.8 Å². The zero-order valence-corrected chi connectivity index (χ0v) is 13.9. The minimum atomic E-state index is -0.458. The monoisotopic (exact) mass is 393 g/mol. The third kappa shape index (κ3) is 3.41. The first-order valence-electron chi connectivity index (χ1n) is 5.33. The number of aryl methyl sites for hydroxylation is 1. The van der Waals surface area contributed by atoms with E-state index >= 15 is 0 Å². The highest BCUT2D eigenvalue weighted by Crippen LogP contribution is 2.26. The highest BCUT2D eigenvalue weighted by Gasteiger charge is 2.15. The molecule has 1 amide bonds. The average molecular weight is 395 g/mol. The van der Waals surface area contributed by atoms with Crippen molar-refractivity contribution in [3.8, 4) is 0 Å². The van der Waals surface area contributed by atoms with E-state index in [1.165, 1.54) is 12.3 Å². The summed E-state index contributed by atoms with van der Waals surface area (Å²) in [5.74, 6) is -0.241. The lowest BCUT2D eigenvalue weighted by Gasteiger charge is -2.09. The molecule has 0 saturated carbocycles. The van der Waals surface area contributed by atoms with E-state index in [9.17, 15) is 4.79 Å². The quantitative estimate of drug-likeness (QED) is 0.746. The van der Waals surface area contributed by atoms with Gasteiger partial charge in [-0.15, -0.1) is 0 Å². The Labute approximate surface area is 138 Å². The molecule has 2 rings (SSSR count). The maximum atomic E-state index is 12.1. The van der Waals surface area contributed by atoms with E-state index < -0.39 is 5.91 Å². The molecular formula is C12H7BrCl3N3O. The molecule has 104 valence electrons. The van der Waals surface area contributed by atoms with Gasteiger partial charge >= 0.3 is 0 Å². The van der Waals surface area contributed by atoms with E-state index in [0.717, 1.165) is 0 Å². The van der Waals surface area contributed by atoms with Crippen LogP contribution in [-0.4, -0.2) is 15.9 Å². The summed E-state index contributed by atoms with van der Waals surface area (Å²) in [7, 11) is 0. The van der Waals surface area contributed by atoms with E-state index in [-0.39, 0.29) is 21.6 Å². The largest absolute Gasteiger partial charge is 0.305 e. The van der Waals surface area contributed by atoms with Crippen LogP contribution in [0.1, 0.15) is 16.1 Å². The zero-order valence-electron chi connectivity index (χ0n) is 10.0.